The van der Waals surface area contributed by atoms with Gasteiger partial charge in [0.05, 0.1) is 0 Å². The zero-order chi connectivity index (χ0) is 7.98. The molecule has 0 aromatic carbocycles. The Bertz CT molecular complexity index is 110. The molecule has 0 saturated carbocycles. The highest BCUT2D eigenvalue weighted by atomic mass is 16.2. The molecule has 0 heterocycles. The van der Waals surface area contributed by atoms with Crippen LogP contribution in [-0.4, -0.2) is 19.1 Å². The van der Waals surface area contributed by atoms with Gasteiger partial charge in [-0.1, -0.05) is 13.8 Å². The lowest BCUT2D eigenvalue weighted by atomic mass is 10.2. The van der Waals surface area contributed by atoms with Crippen molar-refractivity contribution in [2.45, 2.75) is 20.8 Å². The van der Waals surface area contributed by atoms with Crippen molar-refractivity contribution in [3.05, 3.63) is 0 Å². The third-order valence-electron chi connectivity index (χ3n) is 1.01. The molecular formula is C7H20N2O. The Morgan fingerprint density at radius 2 is 2.10 bits per heavy atom. The van der Waals surface area contributed by atoms with Gasteiger partial charge in [0, 0.05) is 15.9 Å². The van der Waals surface area contributed by atoms with Crippen LogP contribution < -0.4 is 10.6 Å². The van der Waals surface area contributed by atoms with Crippen LogP contribution >= 0.6 is 0 Å². The number of hydrogen-bond acceptors (Lipinski definition) is 1. The Morgan fingerprint density at radius 1 is 1.50 bits per heavy atom. The zero-order valence-electron chi connectivity index (χ0n) is 6.90. The molecule has 2 N–H and O–H groups in total. The van der Waals surface area contributed by atoms with Crippen LogP contribution in [0.25, 0.3) is 0 Å². The van der Waals surface area contributed by atoms with E-state index in [1.165, 1.54) is 0 Å². The van der Waals surface area contributed by atoms with Gasteiger partial charge in [0.15, 0.2) is 0 Å². The van der Waals surface area contributed by atoms with Crippen molar-refractivity contribution in [2.24, 2.45) is 5.92 Å². The maximum atomic E-state index is 10.7. The molecule has 0 bridgehead atoms. The van der Waals surface area contributed by atoms with Crippen LogP contribution in [0.5, 0.6) is 0 Å². The summed E-state index contributed by atoms with van der Waals surface area (Å²) >= 11 is 0. The Morgan fingerprint density at radius 3 is 2.50 bits per heavy atom. The van der Waals surface area contributed by atoms with Gasteiger partial charge >= 0.3 is 6.03 Å². The molecule has 3 nitrogen and oxygen atoms in total. The summed E-state index contributed by atoms with van der Waals surface area (Å²) in [4.78, 5) is 10.7. The molecule has 3 heteroatoms. The lowest BCUT2D eigenvalue weighted by molar-refractivity contribution is 0.240. The first kappa shape index (κ1) is 9.27. The smallest absolute Gasteiger partial charge is 0.314 e. The molecule has 0 rings (SSSR count). The van der Waals surface area contributed by atoms with Crippen LogP contribution in [-0.2, 0) is 0 Å². The van der Waals surface area contributed by atoms with Crippen molar-refractivity contribution in [1.29, 1.82) is 0 Å². The van der Waals surface area contributed by atoms with Gasteiger partial charge in [-0.05, 0) is 12.8 Å². The molecule has 0 unspecified atom stereocenters. The number of nitrogens with one attached hydrogen (secondary N) is 2. The van der Waals surface area contributed by atoms with Crippen LogP contribution in [0.3, 0.4) is 0 Å². The molecule has 10 heavy (non-hydrogen) atoms. The van der Waals surface area contributed by atoms with E-state index in [9.17, 15) is 4.79 Å². The molecule has 0 aliphatic carbocycles. The highest BCUT2D eigenvalue weighted by Crippen LogP contribution is 1.85. The van der Waals surface area contributed by atoms with Crippen LogP contribution in [0.4, 0.5) is 4.79 Å². The van der Waals surface area contributed by atoms with Crippen molar-refractivity contribution in [3.63, 3.8) is 0 Å². The minimum absolute atomic E-state index is 0. The normalized spacial score (nSPS) is 9.60. The summed E-state index contributed by atoms with van der Waals surface area (Å²) in [5.41, 5.74) is 0. The summed E-state index contributed by atoms with van der Waals surface area (Å²) in [5, 5.41) is 5.38. The van der Waals surface area contributed by atoms with Gasteiger partial charge in [-0.15, -0.1) is 0 Å². The van der Waals surface area contributed by atoms with Gasteiger partial charge in [0.1, 0.15) is 0 Å². The van der Waals surface area contributed by atoms with Crippen molar-refractivity contribution in [2.75, 3.05) is 13.1 Å². The van der Waals surface area contributed by atoms with E-state index in [0.717, 1.165) is 6.54 Å². The maximum absolute atomic E-state index is 10.7. The number of rotatable bonds is 3. The zero-order valence-corrected chi connectivity index (χ0v) is 6.90. The minimum atomic E-state index is -0.0730. The Labute approximate surface area is 65.2 Å². The fraction of sp³-hybridized carbons (Fsp3) is 0.857. The fourth-order valence-electron chi connectivity index (χ4n) is 0.520. The first-order chi connectivity index (χ1) is 4.66. The van der Waals surface area contributed by atoms with E-state index >= 15 is 0 Å². The predicted octanol–water partition coefficient (Wildman–Crippen LogP) is 1.45. The SMILES string of the molecule is CCNC(=O)NCC(C)C.[HH].[HH]. The summed E-state index contributed by atoms with van der Waals surface area (Å²) in [7, 11) is 0. The predicted molar refractivity (Wildman–Crippen MR) is 46.1 cm³/mol. The summed E-state index contributed by atoms with van der Waals surface area (Å²) in [6.07, 6.45) is 0. The summed E-state index contributed by atoms with van der Waals surface area (Å²) in [6.45, 7) is 7.45. The molecule has 0 atom stereocenters. The van der Waals surface area contributed by atoms with E-state index in [0.29, 0.717) is 12.5 Å². The largest absolute Gasteiger partial charge is 0.338 e. The van der Waals surface area contributed by atoms with E-state index in [2.05, 4.69) is 24.5 Å². The standard InChI is InChI=1S/C7H16N2O.2H2/c1-4-8-7(10)9-5-6(2)3;;/h6H,4-5H2,1-3H3,(H2,8,9,10);2*1H. The number of carbonyl (C=O) groups is 1. The highest BCUT2D eigenvalue weighted by molar-refractivity contribution is 5.73. The van der Waals surface area contributed by atoms with Gasteiger partial charge in [-0.2, -0.15) is 0 Å². The lowest BCUT2D eigenvalue weighted by Gasteiger charge is -2.06. The second-order valence-electron chi connectivity index (χ2n) is 2.63. The maximum Gasteiger partial charge on any atom is 0.314 e. The number of hydrogen-bond donors (Lipinski definition) is 2. The van der Waals surface area contributed by atoms with E-state index in [4.69, 9.17) is 0 Å². The molecule has 0 aromatic heterocycles. The average Bonchev–Trinajstić information content (AvgIpc) is 1.85. The number of carbonyl (C=O) groups excluding carboxylic acids is 1. The van der Waals surface area contributed by atoms with Crippen LogP contribution in [0, 0.1) is 5.92 Å². The van der Waals surface area contributed by atoms with E-state index < -0.39 is 0 Å². The first-order valence-corrected chi connectivity index (χ1v) is 3.68. The quantitative estimate of drug-likeness (QED) is 0.625. The molecule has 2 amide bonds. The molecular weight excluding hydrogens is 128 g/mol. The first-order valence-electron chi connectivity index (χ1n) is 3.68. The van der Waals surface area contributed by atoms with Crippen molar-refractivity contribution in [3.8, 4) is 0 Å². The third kappa shape index (κ3) is 5.41. The minimum Gasteiger partial charge on any atom is -0.338 e. The second-order valence-corrected chi connectivity index (χ2v) is 2.63. The van der Waals surface area contributed by atoms with Crippen molar-refractivity contribution in [1.82, 2.24) is 10.6 Å². The van der Waals surface area contributed by atoms with E-state index in [1.807, 2.05) is 6.92 Å². The monoisotopic (exact) mass is 148 g/mol. The van der Waals surface area contributed by atoms with Crippen molar-refractivity contribution >= 4 is 6.03 Å². The topological polar surface area (TPSA) is 41.1 Å². The molecule has 0 fully saturated rings. The van der Waals surface area contributed by atoms with Crippen LogP contribution in [0.15, 0.2) is 0 Å². The van der Waals surface area contributed by atoms with Crippen LogP contribution in [0.2, 0.25) is 0 Å². The molecule has 64 valence electrons. The number of amides is 2. The van der Waals surface area contributed by atoms with E-state index in [-0.39, 0.29) is 8.88 Å². The Hall–Kier alpha value is -0.730. The number of urea groups is 1. The third-order valence-corrected chi connectivity index (χ3v) is 1.01. The molecule has 0 aliphatic rings. The molecule has 0 saturated heterocycles. The van der Waals surface area contributed by atoms with Gasteiger partial charge < -0.3 is 10.6 Å². The average molecular weight is 148 g/mol. The van der Waals surface area contributed by atoms with Gasteiger partial charge in [-0.25, -0.2) is 4.79 Å². The molecule has 0 radical (unpaired) electrons. The van der Waals surface area contributed by atoms with Crippen LogP contribution in [0.1, 0.15) is 23.6 Å². The van der Waals surface area contributed by atoms with Crippen molar-refractivity contribution < 1.29 is 7.65 Å². The summed E-state index contributed by atoms with van der Waals surface area (Å²) in [5.74, 6) is 0.516. The molecule has 0 spiro atoms. The van der Waals surface area contributed by atoms with Gasteiger partial charge in [-0.3, -0.25) is 0 Å². The fourth-order valence-corrected chi connectivity index (χ4v) is 0.520. The van der Waals surface area contributed by atoms with Gasteiger partial charge in [0.25, 0.3) is 0 Å². The summed E-state index contributed by atoms with van der Waals surface area (Å²) < 4.78 is 0. The lowest BCUT2D eigenvalue weighted by Crippen LogP contribution is -2.37. The van der Waals surface area contributed by atoms with E-state index in [1.54, 1.807) is 0 Å². The Balaban J connectivity index is -0.000000405. The summed E-state index contributed by atoms with van der Waals surface area (Å²) in [6, 6.07) is -0.0730. The molecule has 0 aromatic rings. The Kier molecular flexibility index (Phi) is 4.72. The second kappa shape index (κ2) is 5.09. The molecule has 0 aliphatic heterocycles. The highest BCUT2D eigenvalue weighted by Gasteiger charge is 1.97. The van der Waals surface area contributed by atoms with Gasteiger partial charge in [0.2, 0.25) is 0 Å².